The molecule has 0 radical (unpaired) electrons. The van der Waals surface area contributed by atoms with E-state index in [1.807, 2.05) is 13.8 Å². The molecule has 20 heavy (non-hydrogen) atoms. The number of hydrogen-bond acceptors (Lipinski definition) is 3. The van der Waals surface area contributed by atoms with Gasteiger partial charge in [-0.2, -0.15) is 0 Å². The Morgan fingerprint density at radius 3 is 2.35 bits per heavy atom. The second kappa shape index (κ2) is 5.66. The number of nitrogens with zero attached hydrogens (tertiary/aromatic N) is 1. The number of nitrogens with one attached hydrogen (secondary N) is 1. The standard InChI is InChI=1S/C14H14F2N2OS/c1-7(10-4-11(15)6-12(16)5-10)17-14(19)13-8(2)20-9(3)18-13/h4-7H,1-3H3,(H,17,19)/t7-/m0/s1. The summed E-state index contributed by atoms with van der Waals surface area (Å²) in [6, 6.07) is 2.70. The van der Waals surface area contributed by atoms with Gasteiger partial charge < -0.3 is 5.32 Å². The molecule has 0 saturated carbocycles. The second-order valence-electron chi connectivity index (χ2n) is 4.54. The predicted molar refractivity (Wildman–Crippen MR) is 73.8 cm³/mol. The summed E-state index contributed by atoms with van der Waals surface area (Å²) in [5, 5.41) is 3.50. The van der Waals surface area contributed by atoms with Gasteiger partial charge in [0.25, 0.3) is 5.91 Å². The SMILES string of the molecule is Cc1nc(C(=O)N[C@@H](C)c2cc(F)cc(F)c2)c(C)s1. The Morgan fingerprint density at radius 2 is 1.85 bits per heavy atom. The van der Waals surface area contributed by atoms with Crippen molar-refractivity contribution in [3.05, 3.63) is 51.0 Å². The molecule has 0 unspecified atom stereocenters. The number of carbonyl (C=O) groups excluding carboxylic acids is 1. The summed E-state index contributed by atoms with van der Waals surface area (Å²) in [5.74, 6) is -1.67. The van der Waals surface area contributed by atoms with Gasteiger partial charge in [-0.15, -0.1) is 11.3 Å². The molecule has 0 saturated heterocycles. The molecule has 1 aromatic carbocycles. The molecule has 3 nitrogen and oxygen atoms in total. The van der Waals surface area contributed by atoms with Crippen LogP contribution in [-0.2, 0) is 0 Å². The van der Waals surface area contributed by atoms with Crippen molar-refractivity contribution in [2.45, 2.75) is 26.8 Å². The van der Waals surface area contributed by atoms with Gasteiger partial charge in [0.1, 0.15) is 17.3 Å². The number of aryl methyl sites for hydroxylation is 2. The minimum Gasteiger partial charge on any atom is -0.344 e. The normalized spacial score (nSPS) is 12.2. The number of thiazole rings is 1. The second-order valence-corrected chi connectivity index (χ2v) is 5.94. The Labute approximate surface area is 119 Å². The number of halogens is 2. The van der Waals surface area contributed by atoms with Crippen LogP contribution in [0.5, 0.6) is 0 Å². The number of hydrogen-bond donors (Lipinski definition) is 1. The molecule has 1 aromatic heterocycles. The largest absolute Gasteiger partial charge is 0.344 e. The van der Waals surface area contributed by atoms with Crippen LogP contribution in [0.4, 0.5) is 8.78 Å². The molecular weight excluding hydrogens is 282 g/mol. The Kier molecular flexibility index (Phi) is 4.13. The highest BCUT2D eigenvalue weighted by Crippen LogP contribution is 2.19. The summed E-state index contributed by atoms with van der Waals surface area (Å²) >= 11 is 1.43. The molecule has 2 rings (SSSR count). The van der Waals surface area contributed by atoms with Gasteiger partial charge >= 0.3 is 0 Å². The minimum absolute atomic E-state index is 0.344. The topological polar surface area (TPSA) is 42.0 Å². The van der Waals surface area contributed by atoms with Crippen LogP contribution in [0.15, 0.2) is 18.2 Å². The van der Waals surface area contributed by atoms with Crippen molar-refractivity contribution in [2.24, 2.45) is 0 Å². The van der Waals surface area contributed by atoms with E-state index in [9.17, 15) is 13.6 Å². The van der Waals surface area contributed by atoms with Crippen LogP contribution in [0, 0.1) is 25.5 Å². The van der Waals surface area contributed by atoms with Crippen molar-refractivity contribution >= 4 is 17.2 Å². The highest BCUT2D eigenvalue weighted by Gasteiger charge is 2.17. The quantitative estimate of drug-likeness (QED) is 0.941. The van der Waals surface area contributed by atoms with E-state index < -0.39 is 17.7 Å². The van der Waals surface area contributed by atoms with Crippen LogP contribution in [0.2, 0.25) is 0 Å². The van der Waals surface area contributed by atoms with E-state index in [1.54, 1.807) is 6.92 Å². The molecule has 0 aliphatic carbocycles. The third-order valence-electron chi connectivity index (χ3n) is 2.85. The molecule has 1 heterocycles. The lowest BCUT2D eigenvalue weighted by molar-refractivity contribution is 0.0934. The average Bonchev–Trinajstić information content (AvgIpc) is 2.67. The molecule has 0 aliphatic rings. The third kappa shape index (κ3) is 3.19. The maximum atomic E-state index is 13.2. The lowest BCUT2D eigenvalue weighted by atomic mass is 10.1. The summed E-state index contributed by atoms with van der Waals surface area (Å²) in [6.07, 6.45) is 0. The molecular formula is C14H14F2N2OS. The van der Waals surface area contributed by atoms with Gasteiger partial charge in [-0.1, -0.05) is 0 Å². The monoisotopic (exact) mass is 296 g/mol. The first kappa shape index (κ1) is 14.6. The lowest BCUT2D eigenvalue weighted by Crippen LogP contribution is -2.27. The molecule has 1 N–H and O–H groups in total. The minimum atomic E-state index is -0.665. The van der Waals surface area contributed by atoms with Crippen LogP contribution >= 0.6 is 11.3 Å². The van der Waals surface area contributed by atoms with E-state index in [0.29, 0.717) is 11.3 Å². The predicted octanol–water partition coefficient (Wildman–Crippen LogP) is 3.53. The first-order valence-electron chi connectivity index (χ1n) is 6.07. The van der Waals surface area contributed by atoms with E-state index >= 15 is 0 Å². The molecule has 0 aliphatic heterocycles. The molecule has 2 aromatic rings. The molecule has 0 fully saturated rings. The fourth-order valence-electron chi connectivity index (χ4n) is 1.91. The number of amides is 1. The van der Waals surface area contributed by atoms with E-state index in [1.165, 1.54) is 23.5 Å². The summed E-state index contributed by atoms with van der Waals surface area (Å²) in [4.78, 5) is 17.0. The van der Waals surface area contributed by atoms with Crippen molar-refractivity contribution in [1.82, 2.24) is 10.3 Å². The summed E-state index contributed by atoms with van der Waals surface area (Å²) in [7, 11) is 0. The van der Waals surface area contributed by atoms with E-state index in [2.05, 4.69) is 10.3 Å². The molecule has 6 heteroatoms. The van der Waals surface area contributed by atoms with Crippen molar-refractivity contribution in [1.29, 1.82) is 0 Å². The summed E-state index contributed by atoms with van der Waals surface area (Å²) in [6.45, 7) is 5.30. The van der Waals surface area contributed by atoms with Crippen molar-refractivity contribution in [3.63, 3.8) is 0 Å². The number of carbonyl (C=O) groups is 1. The van der Waals surface area contributed by atoms with E-state index in [0.717, 1.165) is 16.0 Å². The van der Waals surface area contributed by atoms with E-state index in [4.69, 9.17) is 0 Å². The molecule has 0 spiro atoms. The molecule has 1 amide bonds. The number of rotatable bonds is 3. The Bertz CT molecular complexity index is 634. The van der Waals surface area contributed by atoms with Crippen LogP contribution in [0.25, 0.3) is 0 Å². The van der Waals surface area contributed by atoms with Gasteiger partial charge in [-0.3, -0.25) is 4.79 Å². The van der Waals surface area contributed by atoms with E-state index in [-0.39, 0.29) is 5.91 Å². The Hall–Kier alpha value is -1.82. The zero-order valence-electron chi connectivity index (χ0n) is 11.3. The Morgan fingerprint density at radius 1 is 1.25 bits per heavy atom. The maximum Gasteiger partial charge on any atom is 0.271 e. The number of benzene rings is 1. The van der Waals surface area contributed by atoms with Gasteiger partial charge in [0, 0.05) is 10.9 Å². The van der Waals surface area contributed by atoms with Crippen molar-refractivity contribution < 1.29 is 13.6 Å². The zero-order valence-corrected chi connectivity index (χ0v) is 12.1. The lowest BCUT2D eigenvalue weighted by Gasteiger charge is -2.14. The Balaban J connectivity index is 2.17. The maximum absolute atomic E-state index is 13.2. The number of aromatic nitrogens is 1. The van der Waals surface area contributed by atoms with Gasteiger partial charge in [0.2, 0.25) is 0 Å². The fraction of sp³-hybridized carbons (Fsp3) is 0.286. The van der Waals surface area contributed by atoms with Crippen LogP contribution in [0.1, 0.15) is 38.9 Å². The molecule has 106 valence electrons. The summed E-state index contributed by atoms with van der Waals surface area (Å²) < 4.78 is 26.3. The van der Waals surface area contributed by atoms with Crippen LogP contribution < -0.4 is 5.32 Å². The van der Waals surface area contributed by atoms with Crippen LogP contribution in [-0.4, -0.2) is 10.9 Å². The van der Waals surface area contributed by atoms with Gasteiger partial charge in [0.15, 0.2) is 0 Å². The van der Waals surface area contributed by atoms with Gasteiger partial charge in [-0.05, 0) is 38.5 Å². The smallest absolute Gasteiger partial charge is 0.271 e. The fourth-order valence-corrected chi connectivity index (χ4v) is 2.73. The van der Waals surface area contributed by atoms with Crippen molar-refractivity contribution in [3.8, 4) is 0 Å². The molecule has 0 bridgehead atoms. The zero-order chi connectivity index (χ0) is 14.9. The van der Waals surface area contributed by atoms with Crippen LogP contribution in [0.3, 0.4) is 0 Å². The first-order valence-corrected chi connectivity index (χ1v) is 6.89. The van der Waals surface area contributed by atoms with Crippen molar-refractivity contribution in [2.75, 3.05) is 0 Å². The highest BCUT2D eigenvalue weighted by atomic mass is 32.1. The third-order valence-corrected chi connectivity index (χ3v) is 3.74. The first-order chi connectivity index (χ1) is 9.36. The highest BCUT2D eigenvalue weighted by molar-refractivity contribution is 7.11. The van der Waals surface area contributed by atoms with Gasteiger partial charge in [-0.25, -0.2) is 13.8 Å². The summed E-state index contributed by atoms with van der Waals surface area (Å²) in [5.41, 5.74) is 0.733. The van der Waals surface area contributed by atoms with Gasteiger partial charge in [0.05, 0.1) is 11.0 Å². The average molecular weight is 296 g/mol. The molecule has 1 atom stereocenters.